The third-order valence-electron chi connectivity index (χ3n) is 4.70. The van der Waals surface area contributed by atoms with E-state index in [9.17, 15) is 9.90 Å². The second-order valence-corrected chi connectivity index (χ2v) is 8.04. The van der Waals surface area contributed by atoms with Crippen molar-refractivity contribution in [2.75, 3.05) is 10.6 Å². The van der Waals surface area contributed by atoms with Crippen molar-refractivity contribution in [2.24, 2.45) is 0 Å². The second-order valence-electron chi connectivity index (χ2n) is 8.04. The van der Waals surface area contributed by atoms with Crippen LogP contribution in [-0.2, 0) is 5.41 Å². The number of carbonyl (C=O) groups is 1. The zero-order valence-electron chi connectivity index (χ0n) is 17.0. The summed E-state index contributed by atoms with van der Waals surface area (Å²) in [7, 11) is 0. The van der Waals surface area contributed by atoms with Crippen LogP contribution in [0.25, 0.3) is 5.65 Å². The lowest BCUT2D eigenvalue weighted by Crippen LogP contribution is -2.19. The fourth-order valence-electron chi connectivity index (χ4n) is 3.04. The molecule has 4 rings (SSSR count). The maximum absolute atomic E-state index is 12.2. The number of amides is 2. The Morgan fingerprint density at radius 3 is 2.60 bits per heavy atom. The van der Waals surface area contributed by atoms with Crippen LogP contribution in [-0.4, -0.2) is 25.7 Å². The molecule has 4 aromatic rings. The molecule has 0 aliphatic heterocycles. The fraction of sp³-hybridized carbons (Fsp3) is 0.227. The molecule has 1 unspecified atom stereocenters. The molecular formula is C22H23N5O3. The van der Waals surface area contributed by atoms with Gasteiger partial charge in [-0.2, -0.15) is 0 Å². The molecule has 8 nitrogen and oxygen atoms in total. The monoisotopic (exact) mass is 405 g/mol. The Kier molecular flexibility index (Phi) is 5.01. The van der Waals surface area contributed by atoms with Gasteiger partial charge in [-0.25, -0.2) is 9.78 Å². The van der Waals surface area contributed by atoms with Crippen LogP contribution in [0.1, 0.15) is 43.9 Å². The maximum Gasteiger partial charge on any atom is 0.324 e. The second kappa shape index (κ2) is 7.64. The number of hydrogen-bond donors (Lipinski definition) is 3. The van der Waals surface area contributed by atoms with Gasteiger partial charge >= 0.3 is 6.03 Å². The summed E-state index contributed by atoms with van der Waals surface area (Å²) in [5.41, 5.74) is 2.52. The number of imidazole rings is 1. The molecule has 0 aliphatic carbocycles. The number of rotatable bonds is 4. The number of aromatic nitrogens is 3. The Morgan fingerprint density at radius 2 is 1.90 bits per heavy atom. The molecule has 3 N–H and O–H groups in total. The van der Waals surface area contributed by atoms with Gasteiger partial charge in [-0.3, -0.25) is 5.32 Å². The van der Waals surface area contributed by atoms with Gasteiger partial charge < -0.3 is 19.3 Å². The normalized spacial score (nSPS) is 12.7. The minimum absolute atomic E-state index is 0.194. The first-order valence-corrected chi connectivity index (χ1v) is 9.56. The van der Waals surface area contributed by atoms with E-state index in [1.54, 1.807) is 36.5 Å². The average Bonchev–Trinajstić information content (AvgIpc) is 3.35. The van der Waals surface area contributed by atoms with Gasteiger partial charge in [0.2, 0.25) is 0 Å². The van der Waals surface area contributed by atoms with E-state index in [1.807, 2.05) is 49.6 Å². The van der Waals surface area contributed by atoms with Crippen molar-refractivity contribution in [3.63, 3.8) is 0 Å². The van der Waals surface area contributed by atoms with Crippen molar-refractivity contribution in [1.29, 1.82) is 0 Å². The van der Waals surface area contributed by atoms with E-state index in [2.05, 4.69) is 20.8 Å². The molecular weight excluding hydrogens is 382 g/mol. The van der Waals surface area contributed by atoms with Gasteiger partial charge in [0.15, 0.2) is 5.82 Å². The molecule has 3 heterocycles. The Bertz CT molecular complexity index is 1170. The average molecular weight is 405 g/mol. The molecule has 0 fully saturated rings. The Balaban J connectivity index is 1.42. The number of benzene rings is 1. The summed E-state index contributed by atoms with van der Waals surface area (Å²) in [4.78, 5) is 16.5. The molecule has 0 spiro atoms. The SMILES string of the molecule is CC(C)(C)c1cc(NC(=O)Nc2ccc(C(O)c3cnc4ccccn34)cc2)no1. The van der Waals surface area contributed by atoms with Gasteiger partial charge in [0.25, 0.3) is 0 Å². The predicted octanol–water partition coefficient (Wildman–Crippen LogP) is 4.35. The van der Waals surface area contributed by atoms with Crippen LogP contribution in [0.3, 0.4) is 0 Å². The summed E-state index contributed by atoms with van der Waals surface area (Å²) in [5, 5.41) is 20.0. The molecule has 0 saturated heterocycles. The number of carbonyl (C=O) groups excluding carboxylic acids is 1. The molecule has 154 valence electrons. The largest absolute Gasteiger partial charge is 0.382 e. The van der Waals surface area contributed by atoms with Crippen molar-refractivity contribution in [3.05, 3.63) is 77.9 Å². The fourth-order valence-corrected chi connectivity index (χ4v) is 3.04. The first-order valence-electron chi connectivity index (χ1n) is 9.56. The van der Waals surface area contributed by atoms with Crippen LogP contribution in [0, 0.1) is 0 Å². The number of aliphatic hydroxyl groups excluding tert-OH is 1. The van der Waals surface area contributed by atoms with Crippen molar-refractivity contribution < 1.29 is 14.4 Å². The highest BCUT2D eigenvalue weighted by Crippen LogP contribution is 2.25. The van der Waals surface area contributed by atoms with E-state index in [0.29, 0.717) is 28.5 Å². The third-order valence-corrected chi connectivity index (χ3v) is 4.70. The summed E-state index contributed by atoms with van der Waals surface area (Å²) in [6.07, 6.45) is 2.68. The van der Waals surface area contributed by atoms with E-state index in [0.717, 1.165) is 5.65 Å². The topological polar surface area (TPSA) is 105 Å². The molecule has 8 heteroatoms. The first kappa shape index (κ1) is 19.7. The lowest BCUT2D eigenvalue weighted by molar-refractivity contribution is 0.214. The van der Waals surface area contributed by atoms with Crippen LogP contribution in [0.15, 0.2) is 65.4 Å². The van der Waals surface area contributed by atoms with Crippen molar-refractivity contribution in [2.45, 2.75) is 32.3 Å². The predicted molar refractivity (Wildman–Crippen MR) is 114 cm³/mol. The number of hydrogen-bond acceptors (Lipinski definition) is 5. The van der Waals surface area contributed by atoms with E-state index >= 15 is 0 Å². The van der Waals surface area contributed by atoms with Crippen LogP contribution in [0.4, 0.5) is 16.3 Å². The smallest absolute Gasteiger partial charge is 0.324 e. The highest BCUT2D eigenvalue weighted by molar-refractivity contribution is 5.99. The minimum atomic E-state index is -0.837. The van der Waals surface area contributed by atoms with Crippen LogP contribution >= 0.6 is 0 Å². The third kappa shape index (κ3) is 4.04. The molecule has 0 aliphatic rings. The van der Waals surface area contributed by atoms with E-state index in [1.165, 1.54) is 0 Å². The van der Waals surface area contributed by atoms with Gasteiger partial charge in [-0.1, -0.05) is 44.1 Å². The molecule has 3 aromatic heterocycles. The van der Waals surface area contributed by atoms with E-state index in [-0.39, 0.29) is 5.41 Å². The highest BCUT2D eigenvalue weighted by Gasteiger charge is 2.20. The quantitative estimate of drug-likeness (QED) is 0.468. The minimum Gasteiger partial charge on any atom is -0.382 e. The summed E-state index contributed by atoms with van der Waals surface area (Å²) in [6.45, 7) is 6.00. The molecule has 30 heavy (non-hydrogen) atoms. The highest BCUT2D eigenvalue weighted by atomic mass is 16.5. The van der Waals surface area contributed by atoms with Gasteiger partial charge in [0.05, 0.1) is 11.9 Å². The molecule has 2 amide bonds. The van der Waals surface area contributed by atoms with Crippen molar-refractivity contribution in [3.8, 4) is 0 Å². The lowest BCUT2D eigenvalue weighted by Gasteiger charge is -2.12. The van der Waals surface area contributed by atoms with Gasteiger partial charge in [0, 0.05) is 23.4 Å². The van der Waals surface area contributed by atoms with Crippen molar-refractivity contribution in [1.82, 2.24) is 14.5 Å². The zero-order chi connectivity index (χ0) is 21.3. The van der Waals surface area contributed by atoms with E-state index < -0.39 is 12.1 Å². The molecule has 0 saturated carbocycles. The maximum atomic E-state index is 12.2. The summed E-state index contributed by atoms with van der Waals surface area (Å²) < 4.78 is 7.10. The Morgan fingerprint density at radius 1 is 1.13 bits per heavy atom. The first-order chi connectivity index (χ1) is 14.3. The standard InChI is InChI=1S/C22H23N5O3/c1-22(2,3)17-12-18(26-30-17)25-21(29)24-15-9-7-14(8-10-15)20(28)16-13-23-19-6-4-5-11-27(16)19/h4-13,20,28H,1-3H3,(H2,24,25,26,29). The molecule has 0 bridgehead atoms. The number of aliphatic hydroxyl groups is 1. The van der Waals surface area contributed by atoms with Gasteiger partial charge in [-0.15, -0.1) is 0 Å². The zero-order valence-corrected chi connectivity index (χ0v) is 17.0. The summed E-state index contributed by atoms with van der Waals surface area (Å²) in [6, 6.07) is 13.9. The summed E-state index contributed by atoms with van der Waals surface area (Å²) >= 11 is 0. The summed E-state index contributed by atoms with van der Waals surface area (Å²) in [5.74, 6) is 1.03. The molecule has 1 atom stereocenters. The Hall–Kier alpha value is -3.65. The van der Waals surface area contributed by atoms with Gasteiger partial charge in [-0.05, 0) is 29.8 Å². The lowest BCUT2D eigenvalue weighted by atomic mass is 9.93. The molecule has 1 aromatic carbocycles. The van der Waals surface area contributed by atoms with Crippen LogP contribution < -0.4 is 10.6 Å². The Labute approximate surface area is 173 Å². The number of anilines is 2. The number of pyridine rings is 1. The van der Waals surface area contributed by atoms with Crippen molar-refractivity contribution >= 4 is 23.2 Å². The number of urea groups is 1. The number of nitrogens with zero attached hydrogens (tertiary/aromatic N) is 3. The number of fused-ring (bicyclic) bond motifs is 1. The van der Waals surface area contributed by atoms with Crippen LogP contribution in [0.5, 0.6) is 0 Å². The number of nitrogens with one attached hydrogen (secondary N) is 2. The van der Waals surface area contributed by atoms with Gasteiger partial charge in [0.1, 0.15) is 17.5 Å². The molecule has 0 radical (unpaired) electrons. The van der Waals surface area contributed by atoms with Crippen LogP contribution in [0.2, 0.25) is 0 Å². The van der Waals surface area contributed by atoms with E-state index in [4.69, 9.17) is 4.52 Å².